The first-order valence-corrected chi connectivity index (χ1v) is 7.83. The molecule has 8 nitrogen and oxygen atoms in total. The fourth-order valence-corrected chi connectivity index (χ4v) is 2.77. The van der Waals surface area contributed by atoms with Gasteiger partial charge in [-0.3, -0.25) is 4.79 Å². The monoisotopic (exact) mass is 369 g/mol. The van der Waals surface area contributed by atoms with Gasteiger partial charge in [0.1, 0.15) is 12.2 Å². The molecule has 1 amide bonds. The molecule has 0 bridgehead atoms. The fourth-order valence-electron chi connectivity index (χ4n) is 2.77. The van der Waals surface area contributed by atoms with E-state index in [0.29, 0.717) is 11.1 Å². The van der Waals surface area contributed by atoms with Gasteiger partial charge in [-0.25, -0.2) is 9.59 Å². The molecular formula is C19H15NO7. The number of rotatable bonds is 4. The maximum absolute atomic E-state index is 12.4. The van der Waals surface area contributed by atoms with Crippen LogP contribution in [0.2, 0.25) is 0 Å². The van der Waals surface area contributed by atoms with Crippen LogP contribution in [0.25, 0.3) is 5.57 Å². The number of nitrogens with one attached hydrogen (secondary N) is 1. The predicted octanol–water partition coefficient (Wildman–Crippen LogP) is 2.29. The van der Waals surface area contributed by atoms with Crippen molar-refractivity contribution in [2.45, 2.75) is 0 Å². The number of benzene rings is 2. The van der Waals surface area contributed by atoms with Gasteiger partial charge in [-0.2, -0.15) is 0 Å². The van der Waals surface area contributed by atoms with Crippen molar-refractivity contribution in [1.82, 2.24) is 0 Å². The first-order valence-electron chi connectivity index (χ1n) is 7.83. The zero-order valence-electron chi connectivity index (χ0n) is 14.2. The number of hydrogen-bond donors (Lipinski definition) is 3. The molecule has 0 aromatic heterocycles. The number of anilines is 1. The number of carboxylic acid groups (broad SMARTS) is 1. The van der Waals surface area contributed by atoms with Crippen LogP contribution in [0, 0.1) is 0 Å². The van der Waals surface area contributed by atoms with E-state index in [0.717, 1.165) is 0 Å². The summed E-state index contributed by atoms with van der Waals surface area (Å²) in [5, 5.41) is 21.5. The van der Waals surface area contributed by atoms with Gasteiger partial charge in [0, 0.05) is 11.6 Å². The second kappa shape index (κ2) is 7.20. The van der Waals surface area contributed by atoms with E-state index in [-0.39, 0.29) is 34.9 Å². The van der Waals surface area contributed by atoms with Crippen LogP contribution >= 0.6 is 0 Å². The highest BCUT2D eigenvalue weighted by molar-refractivity contribution is 6.10. The van der Waals surface area contributed by atoms with Gasteiger partial charge in [0.05, 0.1) is 18.4 Å². The Labute approximate surface area is 153 Å². The Morgan fingerprint density at radius 2 is 1.96 bits per heavy atom. The number of carbonyl (C=O) groups excluding carboxylic acids is 2. The van der Waals surface area contributed by atoms with Crippen LogP contribution in [0.1, 0.15) is 26.3 Å². The average Bonchev–Trinajstić information content (AvgIpc) is 2.64. The van der Waals surface area contributed by atoms with E-state index in [1.54, 1.807) is 12.1 Å². The minimum absolute atomic E-state index is 0.0220. The number of amides is 1. The zero-order chi connectivity index (χ0) is 19.6. The first kappa shape index (κ1) is 18.0. The van der Waals surface area contributed by atoms with Gasteiger partial charge in [-0.1, -0.05) is 12.1 Å². The van der Waals surface area contributed by atoms with E-state index in [2.05, 4.69) is 5.32 Å². The van der Waals surface area contributed by atoms with Crippen molar-refractivity contribution in [1.29, 1.82) is 0 Å². The molecule has 0 aliphatic carbocycles. The molecule has 1 aliphatic heterocycles. The van der Waals surface area contributed by atoms with E-state index in [1.165, 1.54) is 37.5 Å². The van der Waals surface area contributed by atoms with Crippen molar-refractivity contribution in [3.05, 3.63) is 59.2 Å². The first-order chi connectivity index (χ1) is 12.9. The van der Waals surface area contributed by atoms with Crippen molar-refractivity contribution in [2.75, 3.05) is 19.0 Å². The molecule has 1 heterocycles. The molecule has 8 heteroatoms. The Morgan fingerprint density at radius 1 is 1.22 bits per heavy atom. The van der Waals surface area contributed by atoms with Gasteiger partial charge in [0.2, 0.25) is 5.91 Å². The normalized spacial score (nSPS) is 14.3. The third-order valence-corrected chi connectivity index (χ3v) is 3.97. The summed E-state index contributed by atoms with van der Waals surface area (Å²) in [6.07, 6.45) is 1.21. The molecule has 1 aliphatic rings. The summed E-state index contributed by atoms with van der Waals surface area (Å²) in [6, 6.07) is 8.82. The molecule has 138 valence electrons. The maximum Gasteiger partial charge on any atom is 0.343 e. The Hall–Kier alpha value is -3.81. The van der Waals surface area contributed by atoms with Crippen LogP contribution in [-0.4, -0.2) is 41.8 Å². The number of ether oxygens (including phenoxy) is 2. The maximum atomic E-state index is 12.4. The van der Waals surface area contributed by atoms with Gasteiger partial charge in [0.15, 0.2) is 11.5 Å². The molecule has 0 radical (unpaired) electrons. The van der Waals surface area contributed by atoms with Crippen LogP contribution in [0.4, 0.5) is 5.69 Å². The van der Waals surface area contributed by atoms with Crippen LogP contribution in [0.3, 0.4) is 0 Å². The number of hydrogen-bond acceptors (Lipinski definition) is 6. The second-order valence-electron chi connectivity index (χ2n) is 5.63. The third kappa shape index (κ3) is 3.45. The molecule has 2 aromatic rings. The quantitative estimate of drug-likeness (QED) is 0.558. The van der Waals surface area contributed by atoms with E-state index in [9.17, 15) is 24.6 Å². The number of aromatic hydroxyl groups is 1. The Balaban J connectivity index is 1.96. The predicted molar refractivity (Wildman–Crippen MR) is 94.9 cm³/mol. The van der Waals surface area contributed by atoms with Gasteiger partial charge in [-0.15, -0.1) is 0 Å². The van der Waals surface area contributed by atoms with Gasteiger partial charge in [0.25, 0.3) is 0 Å². The number of cyclic esters (lactones) is 1. The number of carbonyl (C=O) groups is 3. The molecule has 0 unspecified atom stereocenters. The Kier molecular flexibility index (Phi) is 4.80. The molecule has 0 saturated heterocycles. The number of aromatic carboxylic acids is 1. The lowest BCUT2D eigenvalue weighted by Crippen LogP contribution is -2.20. The second-order valence-corrected chi connectivity index (χ2v) is 5.63. The van der Waals surface area contributed by atoms with Crippen LogP contribution < -0.4 is 10.1 Å². The largest absolute Gasteiger partial charge is 0.504 e. The standard InChI is InChI=1S/C19H15NO7/c1-26-17-14(21)7-6-11-10(9-27-19(25)16(11)17)8-15(22)20-13-5-3-2-4-12(13)18(23)24/h2-8,21H,9H2,1H3,(H,20,22)(H,23,24). The summed E-state index contributed by atoms with van der Waals surface area (Å²) in [4.78, 5) is 35.7. The number of methoxy groups -OCH3 is 1. The lowest BCUT2D eigenvalue weighted by molar-refractivity contribution is -0.111. The number of phenols is 1. The Bertz CT molecular complexity index is 978. The average molecular weight is 369 g/mol. The van der Waals surface area contributed by atoms with E-state index in [4.69, 9.17) is 9.47 Å². The summed E-state index contributed by atoms with van der Waals surface area (Å²) in [7, 11) is 1.30. The topological polar surface area (TPSA) is 122 Å². The van der Waals surface area contributed by atoms with Gasteiger partial charge < -0.3 is 25.0 Å². The van der Waals surface area contributed by atoms with Crippen molar-refractivity contribution < 1.29 is 34.1 Å². The molecule has 2 aromatic carbocycles. The smallest absolute Gasteiger partial charge is 0.343 e. The van der Waals surface area contributed by atoms with Crippen molar-refractivity contribution >= 4 is 29.1 Å². The third-order valence-electron chi connectivity index (χ3n) is 3.97. The summed E-state index contributed by atoms with van der Waals surface area (Å²) < 4.78 is 10.1. The summed E-state index contributed by atoms with van der Waals surface area (Å²) in [6.45, 7) is -0.145. The molecule has 27 heavy (non-hydrogen) atoms. The number of fused-ring (bicyclic) bond motifs is 1. The number of carboxylic acids is 1. The summed E-state index contributed by atoms with van der Waals surface area (Å²) >= 11 is 0. The molecule has 3 rings (SSSR count). The molecular weight excluding hydrogens is 354 g/mol. The highest BCUT2D eigenvalue weighted by Gasteiger charge is 2.29. The van der Waals surface area contributed by atoms with Crippen LogP contribution in [0.5, 0.6) is 11.5 Å². The Morgan fingerprint density at radius 3 is 2.67 bits per heavy atom. The lowest BCUT2D eigenvalue weighted by atomic mass is 9.96. The van der Waals surface area contributed by atoms with Crippen molar-refractivity contribution in [3.63, 3.8) is 0 Å². The SMILES string of the molecule is COc1c(O)ccc2c1C(=O)OCC2=CC(=O)Nc1ccccc1C(=O)O. The molecule has 0 saturated carbocycles. The number of para-hydroxylation sites is 1. The molecule has 0 fully saturated rings. The fraction of sp³-hybridized carbons (Fsp3) is 0.105. The highest BCUT2D eigenvalue weighted by Crippen LogP contribution is 2.38. The highest BCUT2D eigenvalue weighted by atomic mass is 16.5. The van der Waals surface area contributed by atoms with E-state index >= 15 is 0 Å². The molecule has 0 atom stereocenters. The summed E-state index contributed by atoms with van der Waals surface area (Å²) in [5.74, 6) is -2.70. The molecule has 3 N–H and O–H groups in total. The van der Waals surface area contributed by atoms with Crippen molar-refractivity contribution in [2.24, 2.45) is 0 Å². The van der Waals surface area contributed by atoms with Crippen molar-refractivity contribution in [3.8, 4) is 11.5 Å². The minimum atomic E-state index is -1.17. The van der Waals surface area contributed by atoms with E-state index < -0.39 is 17.8 Å². The number of esters is 1. The summed E-state index contributed by atoms with van der Waals surface area (Å²) in [5.41, 5.74) is 0.888. The van der Waals surface area contributed by atoms with Crippen LogP contribution in [-0.2, 0) is 9.53 Å². The minimum Gasteiger partial charge on any atom is -0.504 e. The van der Waals surface area contributed by atoms with Crippen LogP contribution in [0.15, 0.2) is 42.5 Å². The number of phenolic OH excluding ortho intramolecular Hbond substituents is 1. The molecule has 0 spiro atoms. The zero-order valence-corrected chi connectivity index (χ0v) is 14.2. The van der Waals surface area contributed by atoms with E-state index in [1.807, 2.05) is 0 Å². The lowest BCUT2D eigenvalue weighted by Gasteiger charge is -2.21. The van der Waals surface area contributed by atoms with Gasteiger partial charge >= 0.3 is 11.9 Å². The van der Waals surface area contributed by atoms with Gasteiger partial charge in [-0.05, 0) is 29.8 Å².